The Morgan fingerprint density at radius 3 is 2.70 bits per heavy atom. The second-order valence-electron chi connectivity index (χ2n) is 5.90. The molecule has 0 saturated heterocycles. The van der Waals surface area contributed by atoms with Gasteiger partial charge in [-0.3, -0.25) is 14.3 Å². The highest BCUT2D eigenvalue weighted by atomic mass is 32.1. The van der Waals surface area contributed by atoms with Crippen molar-refractivity contribution in [3.63, 3.8) is 0 Å². The zero-order valence-electron chi connectivity index (χ0n) is 12.9. The lowest BCUT2D eigenvalue weighted by atomic mass is 9.86. The van der Waals surface area contributed by atoms with E-state index in [4.69, 9.17) is 5.11 Å². The van der Waals surface area contributed by atoms with Crippen molar-refractivity contribution in [3.8, 4) is 10.6 Å². The van der Waals surface area contributed by atoms with E-state index in [1.807, 2.05) is 17.5 Å². The Balaban J connectivity index is 1.69. The molecule has 6 nitrogen and oxygen atoms in total. The Morgan fingerprint density at radius 2 is 2.09 bits per heavy atom. The van der Waals surface area contributed by atoms with Gasteiger partial charge in [0, 0.05) is 19.3 Å². The topological polar surface area (TPSA) is 84.2 Å². The van der Waals surface area contributed by atoms with Gasteiger partial charge in [-0.1, -0.05) is 6.07 Å². The number of hydrogen-bond donors (Lipinski definition) is 2. The first-order chi connectivity index (χ1) is 11.0. The van der Waals surface area contributed by atoms with Gasteiger partial charge in [-0.25, -0.2) is 0 Å². The summed E-state index contributed by atoms with van der Waals surface area (Å²) in [4.78, 5) is 24.5. The van der Waals surface area contributed by atoms with Crippen LogP contribution in [0.25, 0.3) is 10.6 Å². The molecule has 0 bridgehead atoms. The summed E-state index contributed by atoms with van der Waals surface area (Å²) in [5, 5.41) is 18.4. The third-order valence-electron chi connectivity index (χ3n) is 4.24. The number of carbonyl (C=O) groups is 2. The molecular weight excluding hydrogens is 314 g/mol. The van der Waals surface area contributed by atoms with Gasteiger partial charge in [0.25, 0.3) is 5.91 Å². The number of hydrogen-bond acceptors (Lipinski definition) is 4. The van der Waals surface area contributed by atoms with Gasteiger partial charge in [0.05, 0.1) is 16.4 Å². The van der Waals surface area contributed by atoms with Crippen molar-refractivity contribution in [2.75, 3.05) is 0 Å². The predicted molar refractivity (Wildman–Crippen MR) is 87.4 cm³/mol. The fourth-order valence-electron chi connectivity index (χ4n) is 3.00. The third kappa shape index (κ3) is 3.44. The van der Waals surface area contributed by atoms with E-state index in [-0.39, 0.29) is 17.9 Å². The molecule has 2 heterocycles. The normalized spacial score (nSPS) is 21.1. The summed E-state index contributed by atoms with van der Waals surface area (Å²) in [5.74, 6) is -1.15. The minimum Gasteiger partial charge on any atom is -0.481 e. The predicted octanol–water partition coefficient (Wildman–Crippen LogP) is 2.52. The van der Waals surface area contributed by atoms with E-state index >= 15 is 0 Å². The van der Waals surface area contributed by atoms with Crippen LogP contribution >= 0.6 is 11.3 Å². The lowest BCUT2D eigenvalue weighted by molar-refractivity contribution is -0.142. The molecule has 1 aliphatic carbocycles. The van der Waals surface area contributed by atoms with Crippen molar-refractivity contribution in [1.29, 1.82) is 0 Å². The highest BCUT2D eigenvalue weighted by Gasteiger charge is 2.28. The maximum atomic E-state index is 12.6. The van der Waals surface area contributed by atoms with Gasteiger partial charge < -0.3 is 10.4 Å². The summed E-state index contributed by atoms with van der Waals surface area (Å²) < 4.78 is 1.64. The second kappa shape index (κ2) is 6.54. The van der Waals surface area contributed by atoms with Crippen LogP contribution in [0.15, 0.2) is 23.7 Å². The summed E-state index contributed by atoms with van der Waals surface area (Å²) in [7, 11) is 1.80. The van der Waals surface area contributed by atoms with Gasteiger partial charge in [-0.05, 0) is 37.1 Å². The molecule has 3 rings (SSSR count). The average Bonchev–Trinajstić information content (AvgIpc) is 3.16. The lowest BCUT2D eigenvalue weighted by Crippen LogP contribution is -2.38. The van der Waals surface area contributed by atoms with Crippen LogP contribution in [0, 0.1) is 5.92 Å². The number of carboxylic acid groups (broad SMARTS) is 1. The molecule has 0 radical (unpaired) electrons. The average molecular weight is 333 g/mol. The van der Waals surface area contributed by atoms with Crippen molar-refractivity contribution in [1.82, 2.24) is 15.1 Å². The molecule has 23 heavy (non-hydrogen) atoms. The first kappa shape index (κ1) is 15.7. The Hall–Kier alpha value is -2.15. The maximum absolute atomic E-state index is 12.6. The Kier molecular flexibility index (Phi) is 4.47. The van der Waals surface area contributed by atoms with Gasteiger partial charge in [0.2, 0.25) is 0 Å². The van der Waals surface area contributed by atoms with Gasteiger partial charge in [-0.15, -0.1) is 11.3 Å². The van der Waals surface area contributed by atoms with E-state index in [0.29, 0.717) is 36.9 Å². The van der Waals surface area contributed by atoms with Crippen LogP contribution in [0.2, 0.25) is 0 Å². The standard InChI is InChI=1S/C16H19N3O3S/c1-19-9-12(14(18-19)13-3-2-8-23-13)15(20)17-11-6-4-10(5-7-11)16(21)22/h2-3,8-11H,4-7H2,1H3,(H,17,20)(H,21,22). The number of aryl methyl sites for hydroxylation is 1. The summed E-state index contributed by atoms with van der Waals surface area (Å²) in [5.41, 5.74) is 1.26. The van der Waals surface area contributed by atoms with Gasteiger partial charge in [-0.2, -0.15) is 5.10 Å². The molecule has 0 atom stereocenters. The van der Waals surface area contributed by atoms with Crippen LogP contribution in [0.3, 0.4) is 0 Å². The quantitative estimate of drug-likeness (QED) is 0.900. The van der Waals surface area contributed by atoms with Crippen molar-refractivity contribution >= 4 is 23.2 Å². The smallest absolute Gasteiger partial charge is 0.306 e. The summed E-state index contributed by atoms with van der Waals surface area (Å²) in [6.45, 7) is 0. The van der Waals surface area contributed by atoms with Crippen molar-refractivity contribution in [2.45, 2.75) is 31.7 Å². The molecule has 2 aromatic rings. The minimum atomic E-state index is -0.734. The van der Waals surface area contributed by atoms with Gasteiger partial charge in [0.15, 0.2) is 0 Å². The highest BCUT2D eigenvalue weighted by Crippen LogP contribution is 2.28. The molecule has 122 valence electrons. The van der Waals surface area contributed by atoms with E-state index in [9.17, 15) is 9.59 Å². The summed E-state index contributed by atoms with van der Waals surface area (Å²) >= 11 is 1.55. The van der Waals surface area contributed by atoms with E-state index < -0.39 is 5.97 Å². The number of thiophene rings is 1. The van der Waals surface area contributed by atoms with Gasteiger partial charge in [0.1, 0.15) is 5.69 Å². The van der Waals surface area contributed by atoms with Crippen molar-refractivity contribution in [2.24, 2.45) is 13.0 Å². The number of aromatic nitrogens is 2. The first-order valence-electron chi connectivity index (χ1n) is 7.66. The Labute approximate surface area is 138 Å². The molecule has 1 saturated carbocycles. The van der Waals surface area contributed by atoms with Crippen LogP contribution in [-0.4, -0.2) is 32.8 Å². The van der Waals surface area contributed by atoms with Crippen molar-refractivity contribution in [3.05, 3.63) is 29.3 Å². The van der Waals surface area contributed by atoms with E-state index in [2.05, 4.69) is 10.4 Å². The molecule has 2 aromatic heterocycles. The molecule has 0 aliphatic heterocycles. The molecule has 2 N–H and O–H groups in total. The van der Waals surface area contributed by atoms with E-state index in [1.54, 1.807) is 29.3 Å². The number of nitrogens with one attached hydrogen (secondary N) is 1. The van der Waals surface area contributed by atoms with Crippen LogP contribution in [0.5, 0.6) is 0 Å². The molecule has 0 unspecified atom stereocenters. The number of rotatable bonds is 4. The van der Waals surface area contributed by atoms with E-state index in [0.717, 1.165) is 4.88 Å². The summed E-state index contributed by atoms with van der Waals surface area (Å²) in [6.07, 6.45) is 4.37. The largest absolute Gasteiger partial charge is 0.481 e. The molecular formula is C16H19N3O3S. The molecule has 1 fully saturated rings. The number of nitrogens with zero attached hydrogens (tertiary/aromatic N) is 2. The Bertz CT molecular complexity index is 700. The SMILES string of the molecule is Cn1cc(C(=O)NC2CCC(C(=O)O)CC2)c(-c2cccs2)n1. The number of aliphatic carboxylic acids is 1. The van der Waals surface area contributed by atoms with Crippen LogP contribution in [0.4, 0.5) is 0 Å². The fraction of sp³-hybridized carbons (Fsp3) is 0.438. The highest BCUT2D eigenvalue weighted by molar-refractivity contribution is 7.13. The van der Waals surface area contributed by atoms with Gasteiger partial charge >= 0.3 is 5.97 Å². The molecule has 1 amide bonds. The number of carboxylic acids is 1. The van der Waals surface area contributed by atoms with Crippen molar-refractivity contribution < 1.29 is 14.7 Å². The van der Waals surface area contributed by atoms with Crippen LogP contribution < -0.4 is 5.32 Å². The second-order valence-corrected chi connectivity index (χ2v) is 6.85. The third-order valence-corrected chi connectivity index (χ3v) is 5.12. The maximum Gasteiger partial charge on any atom is 0.306 e. The monoisotopic (exact) mass is 333 g/mol. The zero-order valence-corrected chi connectivity index (χ0v) is 13.7. The Morgan fingerprint density at radius 1 is 1.35 bits per heavy atom. The molecule has 0 spiro atoms. The van der Waals surface area contributed by atoms with Crippen LogP contribution in [-0.2, 0) is 11.8 Å². The first-order valence-corrected chi connectivity index (χ1v) is 8.53. The molecule has 0 aromatic carbocycles. The minimum absolute atomic E-state index is 0.0366. The molecule has 1 aliphatic rings. The lowest BCUT2D eigenvalue weighted by Gasteiger charge is -2.26. The fourth-order valence-corrected chi connectivity index (χ4v) is 3.72. The summed E-state index contributed by atoms with van der Waals surface area (Å²) in [6, 6.07) is 3.92. The number of carbonyl (C=O) groups excluding carboxylic acids is 1. The number of amides is 1. The molecule has 7 heteroatoms. The van der Waals surface area contributed by atoms with Crippen LogP contribution in [0.1, 0.15) is 36.0 Å². The van der Waals surface area contributed by atoms with E-state index in [1.165, 1.54) is 0 Å². The zero-order chi connectivity index (χ0) is 16.4.